The Morgan fingerprint density at radius 3 is 3.20 bits per heavy atom. The number of Topliss-reactive ketones (excluding diaryl/α,β-unsaturated/α-hetero) is 1. The lowest BCUT2D eigenvalue weighted by Crippen LogP contribution is -2.45. The van der Waals surface area contributed by atoms with Crippen LogP contribution in [0.5, 0.6) is 0 Å². The van der Waals surface area contributed by atoms with Gasteiger partial charge in [-0.1, -0.05) is 6.92 Å². The molecule has 2 rings (SSSR count). The first-order valence-electron chi connectivity index (χ1n) is 5.21. The van der Waals surface area contributed by atoms with Crippen molar-refractivity contribution in [1.82, 2.24) is 4.90 Å². The molecule has 1 fully saturated rings. The Kier molecular flexibility index (Phi) is 3.18. The lowest BCUT2D eigenvalue weighted by Gasteiger charge is -2.30. The summed E-state index contributed by atoms with van der Waals surface area (Å²) in [4.78, 5) is 14.1. The first kappa shape index (κ1) is 10.4. The molecule has 0 spiro atoms. The second-order valence-corrected chi connectivity index (χ2v) is 3.63. The van der Waals surface area contributed by atoms with E-state index in [1.165, 1.54) is 12.5 Å². The highest BCUT2D eigenvalue weighted by Gasteiger charge is 2.27. The molecule has 1 saturated heterocycles. The van der Waals surface area contributed by atoms with E-state index in [9.17, 15) is 4.79 Å². The molecule has 82 valence electrons. The molecule has 0 aromatic carbocycles. The summed E-state index contributed by atoms with van der Waals surface area (Å²) in [7, 11) is 0. The molecule has 1 aromatic rings. The zero-order valence-corrected chi connectivity index (χ0v) is 8.81. The van der Waals surface area contributed by atoms with Crippen LogP contribution < -0.4 is 0 Å². The molecule has 4 heteroatoms. The highest BCUT2D eigenvalue weighted by molar-refractivity contribution is 5.99. The van der Waals surface area contributed by atoms with E-state index < -0.39 is 0 Å². The van der Waals surface area contributed by atoms with Gasteiger partial charge in [0.2, 0.25) is 0 Å². The van der Waals surface area contributed by atoms with Gasteiger partial charge >= 0.3 is 0 Å². The van der Waals surface area contributed by atoms with Crippen LogP contribution in [0.1, 0.15) is 17.3 Å². The Bertz CT molecular complexity index is 321. The maximum atomic E-state index is 11.9. The molecule has 1 aliphatic heterocycles. The predicted molar refractivity (Wildman–Crippen MR) is 54.9 cm³/mol. The summed E-state index contributed by atoms with van der Waals surface area (Å²) >= 11 is 0. The second kappa shape index (κ2) is 4.59. The van der Waals surface area contributed by atoms with Crippen molar-refractivity contribution in [1.29, 1.82) is 0 Å². The lowest BCUT2D eigenvalue weighted by atomic mass is 10.1. The van der Waals surface area contributed by atoms with Gasteiger partial charge in [-0.25, -0.2) is 0 Å². The molecular formula is C11H15NO3. The van der Waals surface area contributed by atoms with Crippen LogP contribution in [0.4, 0.5) is 0 Å². The summed E-state index contributed by atoms with van der Waals surface area (Å²) in [5.74, 6) is 0.0156. The average molecular weight is 209 g/mol. The van der Waals surface area contributed by atoms with Gasteiger partial charge in [0, 0.05) is 13.1 Å². The molecule has 4 nitrogen and oxygen atoms in total. The van der Waals surface area contributed by atoms with Crippen molar-refractivity contribution >= 4 is 5.78 Å². The van der Waals surface area contributed by atoms with Gasteiger partial charge < -0.3 is 9.15 Å². The number of nitrogens with zero attached hydrogens (tertiary/aromatic N) is 1. The van der Waals surface area contributed by atoms with Gasteiger partial charge in [0.25, 0.3) is 0 Å². The van der Waals surface area contributed by atoms with E-state index in [-0.39, 0.29) is 11.9 Å². The van der Waals surface area contributed by atoms with E-state index in [4.69, 9.17) is 9.15 Å². The topological polar surface area (TPSA) is 42.7 Å². The fourth-order valence-electron chi connectivity index (χ4n) is 1.74. The van der Waals surface area contributed by atoms with Crippen LogP contribution >= 0.6 is 0 Å². The van der Waals surface area contributed by atoms with Crippen LogP contribution in [0.15, 0.2) is 23.0 Å². The molecule has 2 heterocycles. The predicted octanol–water partition coefficient (Wildman–Crippen LogP) is 1.18. The molecule has 1 unspecified atom stereocenters. The Balaban J connectivity index is 2.01. The van der Waals surface area contributed by atoms with Crippen LogP contribution in [0, 0.1) is 0 Å². The molecule has 0 aliphatic carbocycles. The minimum atomic E-state index is -0.337. The van der Waals surface area contributed by atoms with Gasteiger partial charge in [-0.3, -0.25) is 9.69 Å². The van der Waals surface area contributed by atoms with E-state index in [0.29, 0.717) is 18.7 Å². The molecule has 1 aliphatic rings. The summed E-state index contributed by atoms with van der Waals surface area (Å²) in [6.45, 7) is 5.26. The highest BCUT2D eigenvalue weighted by atomic mass is 16.5. The van der Waals surface area contributed by atoms with Crippen molar-refractivity contribution in [3.05, 3.63) is 24.2 Å². The number of morpholine rings is 1. The van der Waals surface area contributed by atoms with E-state index in [2.05, 4.69) is 11.8 Å². The smallest absolute Gasteiger partial charge is 0.196 e. The summed E-state index contributed by atoms with van der Waals surface area (Å²) in [6.07, 6.45) is 2.64. The summed E-state index contributed by atoms with van der Waals surface area (Å²) < 4.78 is 10.4. The Labute approximate surface area is 88.8 Å². The molecule has 1 aromatic heterocycles. The summed E-state index contributed by atoms with van der Waals surface area (Å²) in [6, 6.07) is 1.68. The number of ketones is 1. The van der Waals surface area contributed by atoms with Gasteiger partial charge in [-0.15, -0.1) is 0 Å². The number of rotatable bonds is 3. The number of carbonyl (C=O) groups is 1. The Morgan fingerprint density at radius 2 is 2.53 bits per heavy atom. The number of likely N-dealkylation sites (N-methyl/N-ethyl adjacent to an activating group) is 1. The SMILES string of the molecule is CCN1CCOC(C(=O)c2ccoc2)C1. The van der Waals surface area contributed by atoms with Gasteiger partial charge in [-0.05, 0) is 12.6 Å². The summed E-state index contributed by atoms with van der Waals surface area (Å²) in [5.41, 5.74) is 0.595. The van der Waals surface area contributed by atoms with Crippen molar-refractivity contribution in [3.8, 4) is 0 Å². The fraction of sp³-hybridized carbons (Fsp3) is 0.545. The zero-order chi connectivity index (χ0) is 10.7. The number of hydrogen-bond acceptors (Lipinski definition) is 4. The van der Waals surface area contributed by atoms with Crippen LogP contribution in [0.3, 0.4) is 0 Å². The summed E-state index contributed by atoms with van der Waals surface area (Å²) in [5, 5.41) is 0. The zero-order valence-electron chi connectivity index (χ0n) is 8.81. The molecule has 0 N–H and O–H groups in total. The van der Waals surface area contributed by atoms with E-state index in [1.807, 2.05) is 0 Å². The van der Waals surface area contributed by atoms with Gasteiger partial charge in [-0.2, -0.15) is 0 Å². The molecule has 1 atom stereocenters. The second-order valence-electron chi connectivity index (χ2n) is 3.63. The van der Waals surface area contributed by atoms with Gasteiger partial charge in [0.15, 0.2) is 5.78 Å². The molecular weight excluding hydrogens is 194 g/mol. The normalized spacial score (nSPS) is 22.9. The average Bonchev–Trinajstić information content (AvgIpc) is 2.81. The van der Waals surface area contributed by atoms with Crippen LogP contribution in [0.25, 0.3) is 0 Å². The first-order chi connectivity index (χ1) is 7.31. The molecule has 15 heavy (non-hydrogen) atoms. The number of carbonyl (C=O) groups excluding carboxylic acids is 1. The Morgan fingerprint density at radius 1 is 1.67 bits per heavy atom. The lowest BCUT2D eigenvalue weighted by molar-refractivity contribution is -0.0148. The Hall–Kier alpha value is -1.13. The van der Waals surface area contributed by atoms with E-state index in [1.54, 1.807) is 6.07 Å². The number of hydrogen-bond donors (Lipinski definition) is 0. The molecule has 0 amide bonds. The first-order valence-corrected chi connectivity index (χ1v) is 5.21. The monoisotopic (exact) mass is 209 g/mol. The van der Waals surface area contributed by atoms with Crippen molar-refractivity contribution in [2.45, 2.75) is 13.0 Å². The number of furan rings is 1. The van der Waals surface area contributed by atoms with Crippen LogP contribution in [0.2, 0.25) is 0 Å². The van der Waals surface area contributed by atoms with Crippen molar-refractivity contribution in [3.63, 3.8) is 0 Å². The van der Waals surface area contributed by atoms with Crippen LogP contribution in [-0.4, -0.2) is 43.0 Å². The van der Waals surface area contributed by atoms with Gasteiger partial charge in [0.05, 0.1) is 18.4 Å². The van der Waals surface area contributed by atoms with Crippen molar-refractivity contribution in [2.75, 3.05) is 26.2 Å². The third kappa shape index (κ3) is 2.27. The minimum Gasteiger partial charge on any atom is -0.472 e. The maximum Gasteiger partial charge on any atom is 0.196 e. The van der Waals surface area contributed by atoms with Crippen molar-refractivity contribution < 1.29 is 13.9 Å². The highest BCUT2D eigenvalue weighted by Crippen LogP contribution is 2.12. The van der Waals surface area contributed by atoms with Crippen molar-refractivity contribution in [2.24, 2.45) is 0 Å². The van der Waals surface area contributed by atoms with E-state index >= 15 is 0 Å². The molecule has 0 radical (unpaired) electrons. The third-order valence-electron chi connectivity index (χ3n) is 2.70. The fourth-order valence-corrected chi connectivity index (χ4v) is 1.74. The van der Waals surface area contributed by atoms with Crippen LogP contribution in [-0.2, 0) is 4.74 Å². The molecule has 0 bridgehead atoms. The number of ether oxygens (including phenoxy) is 1. The molecule has 0 saturated carbocycles. The standard InChI is InChI=1S/C11H15NO3/c1-2-12-4-6-15-10(7-12)11(13)9-3-5-14-8-9/h3,5,8,10H,2,4,6-7H2,1H3. The minimum absolute atomic E-state index is 0.0156. The quantitative estimate of drug-likeness (QED) is 0.701. The third-order valence-corrected chi connectivity index (χ3v) is 2.70. The van der Waals surface area contributed by atoms with Gasteiger partial charge in [0.1, 0.15) is 12.4 Å². The van der Waals surface area contributed by atoms with E-state index in [0.717, 1.165) is 13.1 Å². The maximum absolute atomic E-state index is 11.9. The largest absolute Gasteiger partial charge is 0.472 e.